The summed E-state index contributed by atoms with van der Waals surface area (Å²) in [5.74, 6) is 0. The third-order valence-electron chi connectivity index (χ3n) is 4.97. The predicted octanol–water partition coefficient (Wildman–Crippen LogP) is 4.48. The van der Waals surface area contributed by atoms with Gasteiger partial charge in [-0.15, -0.1) is 0 Å². The van der Waals surface area contributed by atoms with E-state index in [0.717, 1.165) is 0 Å². The van der Waals surface area contributed by atoms with Gasteiger partial charge in [0.2, 0.25) is 0 Å². The van der Waals surface area contributed by atoms with E-state index >= 15 is 0 Å². The average Bonchev–Trinajstić information content (AvgIpc) is 3.36. The fourth-order valence-electron chi connectivity index (χ4n) is 2.13. The summed E-state index contributed by atoms with van der Waals surface area (Å²) < 4.78 is 26.5. The number of hydrogen-bond donors (Lipinski definition) is 4. The summed E-state index contributed by atoms with van der Waals surface area (Å²) in [6.45, 7) is 25.1. The molecule has 1 heterocycles. The van der Waals surface area contributed by atoms with Crippen molar-refractivity contribution in [3.8, 4) is 0 Å². The average molecular weight is 593 g/mol. The second-order valence-corrected chi connectivity index (χ2v) is 17.0. The van der Waals surface area contributed by atoms with E-state index in [9.17, 15) is 9.59 Å². The lowest BCUT2D eigenvalue weighted by Gasteiger charge is -2.36. The number of aromatic amines is 1. The molecule has 0 saturated heterocycles. The third-order valence-corrected chi connectivity index (χ3v) is 9.51. The number of alkyl carbamates (subject to hydrolysis) is 2. The molecule has 1 rings (SSSR count). The highest BCUT2D eigenvalue weighted by Gasteiger charge is 2.36. The third kappa shape index (κ3) is 27.4. The molecule has 4 N–H and O–H groups in total. The summed E-state index contributed by atoms with van der Waals surface area (Å²) in [4.78, 5) is 28.9. The van der Waals surface area contributed by atoms with Gasteiger partial charge >= 0.3 is 12.2 Å². The molecule has 0 aliphatic carbocycles. The molecule has 1 aromatic rings. The van der Waals surface area contributed by atoms with Crippen LogP contribution < -0.4 is 10.6 Å². The van der Waals surface area contributed by atoms with E-state index in [1.165, 1.54) is 0 Å². The molecule has 0 radical (unpaired) electrons. The van der Waals surface area contributed by atoms with Crippen molar-refractivity contribution in [2.75, 3.05) is 52.7 Å². The molecule has 0 spiro atoms. The summed E-state index contributed by atoms with van der Waals surface area (Å²) in [5, 5.41) is 13.8. The minimum Gasteiger partial charge on any atom is -0.444 e. The Kier molecular flexibility index (Phi) is 20.6. The number of amides is 2. The SMILES string of the molecule is CC(C)(C)OC(=O)NCCOCCO.CC(C)(C)OC(=O)NCCOCCO[Si](C)(C)C(C)(C)C.c1c[nH]cn1. The molecule has 236 valence electrons. The van der Waals surface area contributed by atoms with Crippen LogP contribution in [0.2, 0.25) is 18.1 Å². The zero-order valence-electron chi connectivity index (χ0n) is 26.6. The maximum atomic E-state index is 11.4. The topological polar surface area (TPSA) is 153 Å². The lowest BCUT2D eigenvalue weighted by molar-refractivity contribution is 0.0475. The fraction of sp³-hybridized carbons (Fsp3) is 0.815. The van der Waals surface area contributed by atoms with Gasteiger partial charge in [0.05, 0.1) is 46.0 Å². The zero-order chi connectivity index (χ0) is 31.3. The maximum absolute atomic E-state index is 11.4. The second kappa shape index (κ2) is 20.6. The first-order valence-corrected chi connectivity index (χ1v) is 16.5. The van der Waals surface area contributed by atoms with Gasteiger partial charge in [0, 0.05) is 25.5 Å². The molecular weight excluding hydrogens is 536 g/mol. The Bertz CT molecular complexity index is 741. The van der Waals surface area contributed by atoms with Crippen LogP contribution in [0.15, 0.2) is 18.7 Å². The number of imidazole rings is 1. The number of aliphatic hydroxyl groups is 1. The van der Waals surface area contributed by atoms with Gasteiger partial charge in [-0.3, -0.25) is 0 Å². The Balaban J connectivity index is 0. The fourth-order valence-corrected chi connectivity index (χ4v) is 3.16. The summed E-state index contributed by atoms with van der Waals surface area (Å²) in [6.07, 6.45) is 4.22. The van der Waals surface area contributed by atoms with Crippen LogP contribution in [0, 0.1) is 0 Å². The maximum Gasteiger partial charge on any atom is 0.407 e. The van der Waals surface area contributed by atoms with Gasteiger partial charge in [0.15, 0.2) is 8.32 Å². The van der Waals surface area contributed by atoms with Crippen LogP contribution in [0.4, 0.5) is 9.59 Å². The Morgan fingerprint density at radius 3 is 1.60 bits per heavy atom. The monoisotopic (exact) mass is 592 g/mol. The van der Waals surface area contributed by atoms with Crippen LogP contribution in [0.25, 0.3) is 0 Å². The van der Waals surface area contributed by atoms with E-state index in [-0.39, 0.29) is 18.3 Å². The van der Waals surface area contributed by atoms with Gasteiger partial charge in [0.25, 0.3) is 0 Å². The zero-order valence-corrected chi connectivity index (χ0v) is 27.6. The Labute approximate surface area is 242 Å². The van der Waals surface area contributed by atoms with Gasteiger partial charge in [-0.25, -0.2) is 14.6 Å². The minimum atomic E-state index is -1.69. The van der Waals surface area contributed by atoms with Gasteiger partial charge in [-0.2, -0.15) is 0 Å². The number of hydrogen-bond acceptors (Lipinski definition) is 9. The number of nitrogens with one attached hydrogen (secondary N) is 3. The van der Waals surface area contributed by atoms with Crippen molar-refractivity contribution in [1.82, 2.24) is 20.6 Å². The molecule has 0 aromatic carbocycles. The van der Waals surface area contributed by atoms with E-state index in [2.05, 4.69) is 54.5 Å². The highest BCUT2D eigenvalue weighted by atomic mass is 28.4. The molecule has 2 amide bonds. The van der Waals surface area contributed by atoms with E-state index in [1.807, 2.05) is 20.8 Å². The molecule has 1 aromatic heterocycles. The number of aromatic nitrogens is 2. The molecule has 0 saturated carbocycles. The van der Waals surface area contributed by atoms with Crippen LogP contribution >= 0.6 is 0 Å². The summed E-state index contributed by atoms with van der Waals surface area (Å²) in [6, 6.07) is 0. The first-order chi connectivity index (χ1) is 18.3. The second-order valence-electron chi connectivity index (χ2n) is 12.2. The minimum absolute atomic E-state index is 0.00750. The lowest BCUT2D eigenvalue weighted by Crippen LogP contribution is -2.41. The number of carbonyl (C=O) groups is 2. The number of H-pyrrole nitrogens is 1. The Morgan fingerprint density at radius 1 is 0.800 bits per heavy atom. The molecule has 0 aliphatic heterocycles. The smallest absolute Gasteiger partial charge is 0.407 e. The van der Waals surface area contributed by atoms with E-state index in [4.69, 9.17) is 28.5 Å². The molecule has 0 bridgehead atoms. The highest BCUT2D eigenvalue weighted by Crippen LogP contribution is 2.36. The number of ether oxygens (including phenoxy) is 4. The quantitative estimate of drug-likeness (QED) is 0.203. The van der Waals surface area contributed by atoms with Crippen molar-refractivity contribution >= 4 is 20.5 Å². The molecule has 0 atom stereocenters. The first-order valence-electron chi connectivity index (χ1n) is 13.6. The number of rotatable bonds is 12. The van der Waals surface area contributed by atoms with Crippen molar-refractivity contribution in [1.29, 1.82) is 0 Å². The summed E-state index contributed by atoms with van der Waals surface area (Å²) in [5.41, 5.74) is -0.946. The van der Waals surface area contributed by atoms with Crippen LogP contribution in [0.5, 0.6) is 0 Å². The van der Waals surface area contributed by atoms with Crippen LogP contribution in [0.1, 0.15) is 62.3 Å². The normalized spacial score (nSPS) is 11.8. The molecule has 0 unspecified atom stereocenters. The largest absolute Gasteiger partial charge is 0.444 e. The summed E-state index contributed by atoms with van der Waals surface area (Å²) in [7, 11) is -1.69. The molecule has 13 heteroatoms. The van der Waals surface area contributed by atoms with Crippen LogP contribution in [-0.2, 0) is 23.4 Å². The van der Waals surface area contributed by atoms with Gasteiger partial charge in [0.1, 0.15) is 11.2 Å². The van der Waals surface area contributed by atoms with Crippen LogP contribution in [-0.4, -0.2) is 99.5 Å². The van der Waals surface area contributed by atoms with Crippen molar-refractivity contribution < 1.29 is 38.1 Å². The number of carbonyl (C=O) groups excluding carboxylic acids is 2. The van der Waals surface area contributed by atoms with Crippen molar-refractivity contribution in [3.05, 3.63) is 18.7 Å². The van der Waals surface area contributed by atoms with E-state index in [0.29, 0.717) is 39.5 Å². The molecule has 40 heavy (non-hydrogen) atoms. The van der Waals surface area contributed by atoms with E-state index in [1.54, 1.807) is 39.5 Å². The molecule has 0 aliphatic rings. The Hall–Kier alpha value is -2.19. The highest BCUT2D eigenvalue weighted by molar-refractivity contribution is 6.74. The van der Waals surface area contributed by atoms with Crippen molar-refractivity contribution in [2.24, 2.45) is 0 Å². The van der Waals surface area contributed by atoms with Gasteiger partial charge < -0.3 is 44.1 Å². The number of nitrogens with zero attached hydrogens (tertiary/aromatic N) is 1. The first kappa shape index (κ1) is 39.9. The van der Waals surface area contributed by atoms with E-state index < -0.39 is 31.7 Å². The van der Waals surface area contributed by atoms with Crippen molar-refractivity contribution in [2.45, 2.75) is 91.6 Å². The Morgan fingerprint density at radius 2 is 1.27 bits per heavy atom. The predicted molar refractivity (Wildman–Crippen MR) is 159 cm³/mol. The van der Waals surface area contributed by atoms with Gasteiger partial charge in [-0.05, 0) is 59.7 Å². The molecular formula is C27H56N4O8Si. The standard InChI is InChI=1S/C15H33NO4Si.C9H19NO4.C3H4N2/c1-14(2,3)20-13(17)16-9-10-18-11-12-19-21(7,8)15(4,5)6;1-9(2,3)14-8(12)10-4-6-13-7-5-11;1-2-5-3-4-1/h9-12H2,1-8H3,(H,16,17);11H,4-7H2,1-3H3,(H,10,12);1-3H,(H,4,5). The van der Waals surface area contributed by atoms with Gasteiger partial charge in [-0.1, -0.05) is 20.8 Å². The number of aliphatic hydroxyl groups excluding tert-OH is 1. The lowest BCUT2D eigenvalue weighted by atomic mass is 10.2. The molecule has 12 nitrogen and oxygen atoms in total. The van der Waals surface area contributed by atoms with Crippen molar-refractivity contribution in [3.63, 3.8) is 0 Å². The molecule has 0 fully saturated rings. The van der Waals surface area contributed by atoms with Crippen LogP contribution in [0.3, 0.4) is 0 Å². The summed E-state index contributed by atoms with van der Waals surface area (Å²) >= 11 is 0.